The van der Waals surface area contributed by atoms with Gasteiger partial charge in [0.15, 0.2) is 0 Å². The number of hydrogen-bond donors (Lipinski definition) is 1. The number of carbonyl (C=O) groups is 2. The summed E-state index contributed by atoms with van der Waals surface area (Å²) in [6.45, 7) is 5.78. The summed E-state index contributed by atoms with van der Waals surface area (Å²) in [7, 11) is 1.24. The van der Waals surface area contributed by atoms with E-state index in [9.17, 15) is 14.4 Å². The summed E-state index contributed by atoms with van der Waals surface area (Å²) < 4.78 is 6.30. The summed E-state index contributed by atoms with van der Waals surface area (Å²) in [5.74, 6) is -1.19. The molecule has 0 aromatic carbocycles. The molecule has 1 atom stereocenters. The lowest BCUT2D eigenvalue weighted by Crippen LogP contribution is -2.41. The Kier molecular flexibility index (Phi) is 4.78. The second-order valence-electron chi connectivity index (χ2n) is 5.20. The van der Waals surface area contributed by atoms with E-state index in [1.807, 2.05) is 13.8 Å². The molecule has 2 aromatic heterocycles. The fourth-order valence-corrected chi connectivity index (χ4v) is 2.27. The van der Waals surface area contributed by atoms with Crippen LogP contribution in [0.5, 0.6) is 0 Å². The number of methoxy groups -OCH3 is 1. The number of carbonyl (C=O) groups excluding carboxylic acids is 2. The Labute approximate surface area is 133 Å². The Morgan fingerprint density at radius 1 is 1.39 bits per heavy atom. The molecule has 2 heterocycles. The summed E-state index contributed by atoms with van der Waals surface area (Å²) in [5.41, 5.74) is 0.887. The van der Waals surface area contributed by atoms with Crippen LogP contribution in [0, 0.1) is 6.92 Å². The van der Waals surface area contributed by atoms with Crippen molar-refractivity contribution in [3.8, 4) is 0 Å². The molecule has 7 heteroatoms. The summed E-state index contributed by atoms with van der Waals surface area (Å²) in [4.78, 5) is 40.6. The number of fused-ring (bicyclic) bond motifs is 1. The van der Waals surface area contributed by atoms with Crippen LogP contribution in [0.2, 0.25) is 0 Å². The fourth-order valence-electron chi connectivity index (χ4n) is 2.27. The SMILES string of the molecule is CCn1cc(C(=O)NC(C)C(=O)OC)c(=O)c2ccc(C)nc21. The van der Waals surface area contributed by atoms with Gasteiger partial charge in [0.2, 0.25) is 5.43 Å². The van der Waals surface area contributed by atoms with Crippen LogP contribution in [0.3, 0.4) is 0 Å². The molecule has 0 saturated carbocycles. The van der Waals surface area contributed by atoms with E-state index in [4.69, 9.17) is 0 Å². The quantitative estimate of drug-likeness (QED) is 0.850. The van der Waals surface area contributed by atoms with Gasteiger partial charge >= 0.3 is 5.97 Å². The van der Waals surface area contributed by atoms with Gasteiger partial charge in [0, 0.05) is 18.4 Å². The Hall–Kier alpha value is -2.70. The molecule has 0 aliphatic carbocycles. The van der Waals surface area contributed by atoms with Crippen LogP contribution in [-0.2, 0) is 16.1 Å². The van der Waals surface area contributed by atoms with Crippen molar-refractivity contribution in [3.05, 3.63) is 39.8 Å². The minimum absolute atomic E-state index is 0.0271. The van der Waals surface area contributed by atoms with Crippen molar-refractivity contribution in [1.29, 1.82) is 0 Å². The van der Waals surface area contributed by atoms with E-state index in [0.29, 0.717) is 17.6 Å². The maximum absolute atomic E-state index is 12.5. The standard InChI is InChI=1S/C16H19N3O4/c1-5-19-8-12(15(21)18-10(3)16(22)23-4)13(20)11-7-6-9(2)17-14(11)19/h6-8,10H,5H2,1-4H3,(H,18,21). The number of esters is 1. The molecule has 23 heavy (non-hydrogen) atoms. The van der Waals surface area contributed by atoms with Crippen LogP contribution < -0.4 is 10.7 Å². The predicted octanol–water partition coefficient (Wildman–Crippen LogP) is 1.02. The highest BCUT2D eigenvalue weighted by Gasteiger charge is 2.20. The molecule has 0 aliphatic rings. The zero-order valence-corrected chi connectivity index (χ0v) is 13.5. The van der Waals surface area contributed by atoms with Gasteiger partial charge in [-0.05, 0) is 32.9 Å². The molecule has 0 aliphatic heterocycles. The molecule has 0 radical (unpaired) electrons. The fraction of sp³-hybridized carbons (Fsp3) is 0.375. The van der Waals surface area contributed by atoms with Crippen molar-refractivity contribution in [1.82, 2.24) is 14.9 Å². The van der Waals surface area contributed by atoms with Crippen LogP contribution in [0.25, 0.3) is 11.0 Å². The number of nitrogens with one attached hydrogen (secondary N) is 1. The van der Waals surface area contributed by atoms with E-state index in [0.717, 1.165) is 5.69 Å². The van der Waals surface area contributed by atoms with Crippen molar-refractivity contribution in [3.63, 3.8) is 0 Å². The number of aryl methyl sites for hydroxylation is 2. The molecule has 0 bridgehead atoms. The Balaban J connectivity index is 2.51. The molecule has 2 aromatic rings. The lowest BCUT2D eigenvalue weighted by molar-refractivity contribution is -0.142. The first-order valence-electron chi connectivity index (χ1n) is 7.28. The summed E-state index contributed by atoms with van der Waals surface area (Å²) in [6.07, 6.45) is 1.47. The van der Waals surface area contributed by atoms with E-state index < -0.39 is 23.3 Å². The Bertz CT molecular complexity index is 826. The summed E-state index contributed by atoms with van der Waals surface area (Å²) in [6, 6.07) is 2.55. The van der Waals surface area contributed by atoms with Gasteiger partial charge < -0.3 is 14.6 Å². The highest BCUT2D eigenvalue weighted by atomic mass is 16.5. The minimum Gasteiger partial charge on any atom is -0.467 e. The number of ether oxygens (including phenoxy) is 1. The first-order valence-corrected chi connectivity index (χ1v) is 7.28. The molecule has 0 fully saturated rings. The normalized spacial score (nSPS) is 12.0. The minimum atomic E-state index is -0.839. The van der Waals surface area contributed by atoms with E-state index >= 15 is 0 Å². The van der Waals surface area contributed by atoms with Crippen molar-refractivity contribution in [2.75, 3.05) is 7.11 Å². The molecular formula is C16H19N3O4. The third kappa shape index (κ3) is 3.23. The zero-order chi connectivity index (χ0) is 17.1. The number of hydrogen-bond acceptors (Lipinski definition) is 5. The van der Waals surface area contributed by atoms with Crippen molar-refractivity contribution in [2.45, 2.75) is 33.4 Å². The van der Waals surface area contributed by atoms with Crippen LogP contribution in [0.1, 0.15) is 29.9 Å². The van der Waals surface area contributed by atoms with Crippen LogP contribution in [-0.4, -0.2) is 34.6 Å². The van der Waals surface area contributed by atoms with Crippen LogP contribution >= 0.6 is 0 Å². The Morgan fingerprint density at radius 3 is 2.70 bits per heavy atom. The van der Waals surface area contributed by atoms with Gasteiger partial charge in [-0.3, -0.25) is 9.59 Å². The highest BCUT2D eigenvalue weighted by Crippen LogP contribution is 2.11. The molecule has 7 nitrogen and oxygen atoms in total. The van der Waals surface area contributed by atoms with E-state index in [2.05, 4.69) is 15.0 Å². The Morgan fingerprint density at radius 2 is 2.09 bits per heavy atom. The maximum Gasteiger partial charge on any atom is 0.328 e. The van der Waals surface area contributed by atoms with Crippen molar-refractivity contribution >= 4 is 22.9 Å². The molecule has 1 N–H and O–H groups in total. The van der Waals surface area contributed by atoms with E-state index in [-0.39, 0.29) is 5.56 Å². The van der Waals surface area contributed by atoms with Gasteiger partial charge in [-0.15, -0.1) is 0 Å². The maximum atomic E-state index is 12.5. The predicted molar refractivity (Wildman–Crippen MR) is 85.4 cm³/mol. The second kappa shape index (κ2) is 6.60. The molecular weight excluding hydrogens is 298 g/mol. The highest BCUT2D eigenvalue weighted by molar-refractivity contribution is 5.98. The molecule has 2 rings (SSSR count). The molecule has 0 spiro atoms. The van der Waals surface area contributed by atoms with Crippen LogP contribution in [0.4, 0.5) is 0 Å². The van der Waals surface area contributed by atoms with Gasteiger partial charge in [0.05, 0.1) is 12.5 Å². The summed E-state index contributed by atoms with van der Waals surface area (Å²) in [5, 5.41) is 2.84. The van der Waals surface area contributed by atoms with Gasteiger partial charge in [-0.1, -0.05) is 0 Å². The zero-order valence-electron chi connectivity index (χ0n) is 13.5. The summed E-state index contributed by atoms with van der Waals surface area (Å²) >= 11 is 0. The third-order valence-corrected chi connectivity index (χ3v) is 3.55. The second-order valence-corrected chi connectivity index (χ2v) is 5.20. The molecule has 0 saturated heterocycles. The number of amides is 1. The van der Waals surface area contributed by atoms with Gasteiger partial charge in [-0.25, -0.2) is 9.78 Å². The number of rotatable bonds is 4. The average Bonchev–Trinajstić information content (AvgIpc) is 2.54. The number of nitrogens with zero attached hydrogens (tertiary/aromatic N) is 2. The van der Waals surface area contributed by atoms with Gasteiger partial charge in [-0.2, -0.15) is 0 Å². The lowest BCUT2D eigenvalue weighted by Gasteiger charge is -2.14. The molecule has 122 valence electrons. The lowest BCUT2D eigenvalue weighted by atomic mass is 10.1. The number of aromatic nitrogens is 2. The van der Waals surface area contributed by atoms with Crippen LogP contribution in [0.15, 0.2) is 23.1 Å². The largest absolute Gasteiger partial charge is 0.467 e. The first-order chi connectivity index (χ1) is 10.9. The van der Waals surface area contributed by atoms with Gasteiger partial charge in [0.25, 0.3) is 5.91 Å². The molecule has 1 unspecified atom stereocenters. The average molecular weight is 317 g/mol. The van der Waals surface area contributed by atoms with Crippen molar-refractivity contribution < 1.29 is 14.3 Å². The van der Waals surface area contributed by atoms with E-state index in [1.54, 1.807) is 16.7 Å². The molecule has 1 amide bonds. The number of pyridine rings is 2. The third-order valence-electron chi connectivity index (χ3n) is 3.55. The topological polar surface area (TPSA) is 90.3 Å². The monoisotopic (exact) mass is 317 g/mol. The first kappa shape index (κ1) is 16.7. The van der Waals surface area contributed by atoms with E-state index in [1.165, 1.54) is 20.2 Å². The smallest absolute Gasteiger partial charge is 0.328 e. The van der Waals surface area contributed by atoms with Gasteiger partial charge in [0.1, 0.15) is 17.3 Å². The van der Waals surface area contributed by atoms with Crippen molar-refractivity contribution in [2.24, 2.45) is 0 Å².